The van der Waals surface area contributed by atoms with Crippen molar-refractivity contribution in [3.05, 3.63) is 95.1 Å². The van der Waals surface area contributed by atoms with Gasteiger partial charge in [-0.15, -0.1) is 0 Å². The van der Waals surface area contributed by atoms with Crippen LogP contribution in [0.2, 0.25) is 0 Å². The lowest BCUT2D eigenvalue weighted by atomic mass is 9.55. The summed E-state index contributed by atoms with van der Waals surface area (Å²) in [5.41, 5.74) is 3.63. The van der Waals surface area contributed by atoms with Gasteiger partial charge in [-0.2, -0.15) is 0 Å². The molecule has 0 aliphatic heterocycles. The molecule has 3 aromatic carbocycles. The highest BCUT2D eigenvalue weighted by molar-refractivity contribution is 5.91. The minimum absolute atomic E-state index is 0.00164. The maximum Gasteiger partial charge on any atom is 0.343 e. The van der Waals surface area contributed by atoms with Crippen molar-refractivity contribution in [2.24, 2.45) is 17.3 Å². The number of benzene rings is 3. The number of carbonyl (C=O) groups is 2. The molecule has 196 valence electrons. The van der Waals surface area contributed by atoms with E-state index in [2.05, 4.69) is 13.0 Å². The second-order valence-corrected chi connectivity index (χ2v) is 11.2. The Bertz CT molecular complexity index is 1330. The third kappa shape index (κ3) is 4.18. The van der Waals surface area contributed by atoms with Crippen LogP contribution in [0.3, 0.4) is 0 Å². The van der Waals surface area contributed by atoms with E-state index in [1.54, 1.807) is 19.2 Å². The van der Waals surface area contributed by atoms with Gasteiger partial charge in [0.1, 0.15) is 6.10 Å². The number of carbonyl (C=O) groups excluding carboxylic acids is 2. The van der Waals surface area contributed by atoms with Gasteiger partial charge in [0.2, 0.25) is 0 Å². The first kappa shape index (κ1) is 24.7. The van der Waals surface area contributed by atoms with Gasteiger partial charge in [0.05, 0.1) is 18.2 Å². The fraction of sp³-hybridized carbons (Fsp3) is 0.394. The van der Waals surface area contributed by atoms with Crippen molar-refractivity contribution in [2.45, 2.75) is 57.5 Å². The van der Waals surface area contributed by atoms with Crippen LogP contribution in [0.15, 0.2) is 72.8 Å². The van der Waals surface area contributed by atoms with E-state index >= 15 is 0 Å². The van der Waals surface area contributed by atoms with Crippen LogP contribution in [0.1, 0.15) is 76.8 Å². The largest absolute Gasteiger partial charge is 0.493 e. The summed E-state index contributed by atoms with van der Waals surface area (Å²) in [5, 5.41) is 0. The third-order valence-corrected chi connectivity index (χ3v) is 9.41. The Balaban J connectivity index is 1.22. The average molecular weight is 511 g/mol. The van der Waals surface area contributed by atoms with Gasteiger partial charge in [-0.05, 0) is 92.2 Å². The molecule has 5 nitrogen and oxygen atoms in total. The van der Waals surface area contributed by atoms with Crippen molar-refractivity contribution >= 4 is 11.9 Å². The maximum absolute atomic E-state index is 12.9. The van der Waals surface area contributed by atoms with E-state index in [0.29, 0.717) is 40.4 Å². The highest BCUT2D eigenvalue weighted by Gasteiger charge is 2.56. The Morgan fingerprint density at radius 2 is 1.50 bits per heavy atom. The smallest absolute Gasteiger partial charge is 0.343 e. The van der Waals surface area contributed by atoms with E-state index in [1.165, 1.54) is 11.1 Å². The molecule has 2 fully saturated rings. The lowest BCUT2D eigenvalue weighted by Crippen LogP contribution is -2.45. The number of methoxy groups -OCH3 is 1. The highest BCUT2D eigenvalue weighted by atomic mass is 16.6. The molecule has 5 atom stereocenters. The van der Waals surface area contributed by atoms with Crippen molar-refractivity contribution in [1.29, 1.82) is 0 Å². The summed E-state index contributed by atoms with van der Waals surface area (Å²) in [6, 6.07) is 22.4. The topological polar surface area (TPSA) is 61.8 Å². The number of rotatable bonds is 5. The van der Waals surface area contributed by atoms with Gasteiger partial charge in [0, 0.05) is 11.0 Å². The molecule has 3 aliphatic carbocycles. The molecule has 0 saturated heterocycles. The first-order valence-corrected chi connectivity index (χ1v) is 13.7. The minimum Gasteiger partial charge on any atom is -0.493 e. The molecule has 0 heterocycles. The normalized spacial score (nSPS) is 27.4. The van der Waals surface area contributed by atoms with Gasteiger partial charge in [0.15, 0.2) is 11.5 Å². The van der Waals surface area contributed by atoms with Gasteiger partial charge in [-0.3, -0.25) is 0 Å². The molecule has 3 aliphatic rings. The highest BCUT2D eigenvalue weighted by Crippen LogP contribution is 2.62. The van der Waals surface area contributed by atoms with Crippen molar-refractivity contribution < 1.29 is 23.8 Å². The molecule has 0 amide bonds. The fourth-order valence-corrected chi connectivity index (χ4v) is 7.57. The van der Waals surface area contributed by atoms with E-state index in [1.807, 2.05) is 54.6 Å². The molecule has 2 saturated carbocycles. The fourth-order valence-electron chi connectivity index (χ4n) is 7.57. The van der Waals surface area contributed by atoms with Gasteiger partial charge >= 0.3 is 11.9 Å². The van der Waals surface area contributed by atoms with E-state index < -0.39 is 0 Å². The number of esters is 2. The zero-order valence-electron chi connectivity index (χ0n) is 22.0. The predicted octanol–water partition coefficient (Wildman–Crippen LogP) is 7.00. The third-order valence-electron chi connectivity index (χ3n) is 9.41. The van der Waals surface area contributed by atoms with Crippen LogP contribution >= 0.6 is 0 Å². The molecule has 0 unspecified atom stereocenters. The zero-order valence-corrected chi connectivity index (χ0v) is 22.0. The monoisotopic (exact) mass is 510 g/mol. The zero-order chi connectivity index (χ0) is 26.3. The molecule has 3 aromatic rings. The maximum atomic E-state index is 12.9. The van der Waals surface area contributed by atoms with E-state index in [-0.39, 0.29) is 23.5 Å². The van der Waals surface area contributed by atoms with E-state index in [4.69, 9.17) is 14.2 Å². The molecule has 38 heavy (non-hydrogen) atoms. The molecule has 0 N–H and O–H groups in total. The van der Waals surface area contributed by atoms with Crippen molar-refractivity contribution in [2.75, 3.05) is 7.11 Å². The van der Waals surface area contributed by atoms with Crippen LogP contribution in [0.5, 0.6) is 11.5 Å². The lowest BCUT2D eigenvalue weighted by molar-refractivity contribution is -0.0428. The number of fused-ring (bicyclic) bond motifs is 5. The van der Waals surface area contributed by atoms with Crippen LogP contribution < -0.4 is 9.47 Å². The Morgan fingerprint density at radius 1 is 0.816 bits per heavy atom. The Morgan fingerprint density at radius 3 is 2.18 bits per heavy atom. The van der Waals surface area contributed by atoms with Crippen molar-refractivity contribution in [1.82, 2.24) is 0 Å². The first-order chi connectivity index (χ1) is 18.5. The van der Waals surface area contributed by atoms with Gasteiger partial charge in [-0.25, -0.2) is 9.59 Å². The molecule has 0 spiro atoms. The number of hydrogen-bond donors (Lipinski definition) is 0. The summed E-state index contributed by atoms with van der Waals surface area (Å²) in [6.07, 6.45) is 5.99. The molecule has 6 rings (SSSR count). The summed E-state index contributed by atoms with van der Waals surface area (Å²) < 4.78 is 17.8. The van der Waals surface area contributed by atoms with Crippen molar-refractivity contribution in [3.8, 4) is 11.5 Å². The Hall–Kier alpha value is -3.60. The molecule has 5 heteroatoms. The predicted molar refractivity (Wildman–Crippen MR) is 145 cm³/mol. The quantitative estimate of drug-likeness (QED) is 0.273. The minimum atomic E-state index is -0.381. The first-order valence-electron chi connectivity index (χ1n) is 13.7. The number of hydrogen-bond acceptors (Lipinski definition) is 5. The van der Waals surface area contributed by atoms with Crippen LogP contribution in [-0.2, 0) is 11.2 Å². The standard InChI is InChI=1S/C33H34O5/c1-33-20-19-24-23-15-17-28(37-31(34)21-9-5-3-6-10-21)30(36-2)26(23)14-13-25(24)27(33)16-18-29(33)38-32(35)22-11-7-4-8-12-22/h3-12,15,17,24-25,27,29H,13-14,16,18-20H2,1-2H3/t24-,25-,27+,29+,33+/m1/s1. The lowest BCUT2D eigenvalue weighted by Gasteiger charge is -2.50. The van der Waals surface area contributed by atoms with Gasteiger partial charge in [-0.1, -0.05) is 49.4 Å². The van der Waals surface area contributed by atoms with Crippen LogP contribution in [0, 0.1) is 17.3 Å². The summed E-state index contributed by atoms with van der Waals surface area (Å²) >= 11 is 0. The number of ether oxygens (including phenoxy) is 3. The SMILES string of the molecule is COc1c(OC(=O)c2ccccc2)ccc2c1CC[C@@H]1[C@@H]2CC[C@]2(C)[C@@H](OC(=O)c3ccccc3)CC[C@@H]12. The van der Waals surface area contributed by atoms with Crippen LogP contribution in [0.4, 0.5) is 0 Å². The molecule has 0 radical (unpaired) electrons. The molecule has 0 bridgehead atoms. The molecule has 0 aromatic heterocycles. The van der Waals surface area contributed by atoms with Crippen LogP contribution in [0.25, 0.3) is 0 Å². The summed E-state index contributed by atoms with van der Waals surface area (Å²) in [6.45, 7) is 2.34. The molecular formula is C33H34O5. The summed E-state index contributed by atoms with van der Waals surface area (Å²) in [5.74, 6) is 2.07. The average Bonchev–Trinajstić information content (AvgIpc) is 3.29. The van der Waals surface area contributed by atoms with Crippen molar-refractivity contribution in [3.63, 3.8) is 0 Å². The molecular weight excluding hydrogens is 476 g/mol. The Kier molecular flexibility index (Phi) is 6.46. The Labute approximate surface area is 224 Å². The summed E-state index contributed by atoms with van der Waals surface area (Å²) in [4.78, 5) is 25.6. The summed E-state index contributed by atoms with van der Waals surface area (Å²) in [7, 11) is 1.65. The second kappa shape index (κ2) is 9.94. The van der Waals surface area contributed by atoms with Crippen LogP contribution in [-0.4, -0.2) is 25.2 Å². The van der Waals surface area contributed by atoms with Gasteiger partial charge in [0.25, 0.3) is 0 Å². The van der Waals surface area contributed by atoms with E-state index in [9.17, 15) is 9.59 Å². The van der Waals surface area contributed by atoms with Gasteiger partial charge < -0.3 is 14.2 Å². The van der Waals surface area contributed by atoms with E-state index in [0.717, 1.165) is 38.5 Å². The second-order valence-electron chi connectivity index (χ2n) is 11.2.